The maximum absolute atomic E-state index is 12.0. The first kappa shape index (κ1) is 21.4. The molecule has 0 saturated carbocycles. The summed E-state index contributed by atoms with van der Waals surface area (Å²) in [7, 11) is 2.31. The van der Waals surface area contributed by atoms with Crippen LogP contribution < -0.4 is 10.2 Å². The minimum absolute atomic E-state index is 0.00342. The van der Waals surface area contributed by atoms with Crippen LogP contribution in [-0.2, 0) is 25.3 Å². The summed E-state index contributed by atoms with van der Waals surface area (Å²) in [6, 6.07) is 13.2. The van der Waals surface area contributed by atoms with Crippen LogP contribution in [0, 0.1) is 0 Å². The molecule has 0 spiro atoms. The van der Waals surface area contributed by atoms with Crippen LogP contribution in [0.15, 0.2) is 42.5 Å². The van der Waals surface area contributed by atoms with E-state index in [0.717, 1.165) is 41.0 Å². The Labute approximate surface area is 175 Å². The van der Waals surface area contributed by atoms with Crippen molar-refractivity contribution in [2.24, 2.45) is 0 Å². The topological polar surface area (TPSA) is 65.1 Å². The van der Waals surface area contributed by atoms with Gasteiger partial charge in [-0.05, 0) is 54.7 Å². The molecule has 0 aromatic heterocycles. The molecule has 2 aromatic rings. The summed E-state index contributed by atoms with van der Waals surface area (Å²) in [6.45, 7) is 0.164. The van der Waals surface area contributed by atoms with Gasteiger partial charge in [0, 0.05) is 12.1 Å². The van der Waals surface area contributed by atoms with Gasteiger partial charge in [0.25, 0.3) is 0 Å². The third kappa shape index (κ3) is 5.38. The molecule has 0 aliphatic heterocycles. The first-order valence-electron chi connectivity index (χ1n) is 9.40. The number of hydrogen-bond donors (Lipinski definition) is 0. The van der Waals surface area contributed by atoms with Crippen LogP contribution in [0.4, 0.5) is 0 Å². The highest BCUT2D eigenvalue weighted by Gasteiger charge is 2.27. The molecule has 29 heavy (non-hydrogen) atoms. The van der Waals surface area contributed by atoms with Gasteiger partial charge >= 0.3 is 13.1 Å². The molecule has 152 valence electrons. The van der Waals surface area contributed by atoms with E-state index in [4.69, 9.17) is 25.6 Å². The van der Waals surface area contributed by atoms with Crippen molar-refractivity contribution in [2.45, 2.75) is 18.9 Å². The lowest BCUT2D eigenvalue weighted by Gasteiger charge is -2.17. The van der Waals surface area contributed by atoms with Crippen LogP contribution in [-0.4, -0.2) is 51.5 Å². The van der Waals surface area contributed by atoms with Gasteiger partial charge in [-0.2, -0.15) is 0 Å². The number of nitrogens with zero attached hydrogens (tertiary/aromatic N) is 1. The Hall–Kier alpha value is -2.35. The number of likely N-dealkylation sites (N-methyl/N-ethyl adjacent to an activating group) is 1. The molecule has 3 rings (SSSR count). The Morgan fingerprint density at radius 3 is 2.72 bits per heavy atom. The SMILES string of the molecule is COB(OC(=O)CN(C)CC=O)c1ccc(OC2CCc3c(Cl)cccc32)cc1. The molecule has 0 bridgehead atoms. The molecule has 1 aliphatic carbocycles. The Balaban J connectivity index is 1.61. The van der Waals surface area contributed by atoms with Crippen LogP contribution >= 0.6 is 11.6 Å². The predicted octanol–water partition coefficient (Wildman–Crippen LogP) is 2.42. The van der Waals surface area contributed by atoms with Crippen molar-refractivity contribution < 1.29 is 23.6 Å². The maximum atomic E-state index is 12.0. The van der Waals surface area contributed by atoms with Crippen LogP contribution in [0.25, 0.3) is 0 Å². The molecule has 0 saturated heterocycles. The lowest BCUT2D eigenvalue weighted by Crippen LogP contribution is -2.40. The quantitative estimate of drug-likeness (QED) is 0.463. The molecular weight excluding hydrogens is 392 g/mol. The molecule has 1 unspecified atom stereocenters. The van der Waals surface area contributed by atoms with E-state index in [9.17, 15) is 9.59 Å². The summed E-state index contributed by atoms with van der Waals surface area (Å²) in [5, 5.41) is 0.785. The number of carbonyl (C=O) groups is 2. The molecule has 8 heteroatoms. The van der Waals surface area contributed by atoms with E-state index in [1.54, 1.807) is 24.1 Å². The third-order valence-corrected chi connectivity index (χ3v) is 5.18. The van der Waals surface area contributed by atoms with Crippen molar-refractivity contribution in [1.82, 2.24) is 4.90 Å². The Bertz CT molecular complexity index is 861. The van der Waals surface area contributed by atoms with Crippen molar-refractivity contribution in [3.8, 4) is 5.75 Å². The van der Waals surface area contributed by atoms with E-state index >= 15 is 0 Å². The highest BCUT2D eigenvalue weighted by atomic mass is 35.5. The van der Waals surface area contributed by atoms with Gasteiger partial charge in [0.2, 0.25) is 0 Å². The summed E-state index contributed by atoms with van der Waals surface area (Å²) >= 11 is 6.27. The summed E-state index contributed by atoms with van der Waals surface area (Å²) in [5.41, 5.74) is 2.98. The normalized spacial score (nSPS) is 15.1. The predicted molar refractivity (Wildman–Crippen MR) is 112 cm³/mol. The molecular formula is C21H23BClNO5. The maximum Gasteiger partial charge on any atom is 0.564 e. The monoisotopic (exact) mass is 415 g/mol. The lowest BCUT2D eigenvalue weighted by molar-refractivity contribution is -0.136. The van der Waals surface area contributed by atoms with Crippen LogP contribution in [0.2, 0.25) is 5.02 Å². The standard InChI is InChI=1S/C21H23BClNO5/c1-24(12-13-25)14-21(26)29-22(27-2)15-6-8-16(9-7-15)28-20-11-10-17-18(20)4-3-5-19(17)23/h3-9,13,20H,10-12,14H2,1-2H3. The van der Waals surface area contributed by atoms with Gasteiger partial charge in [0.05, 0.1) is 13.1 Å². The zero-order valence-electron chi connectivity index (χ0n) is 16.5. The van der Waals surface area contributed by atoms with Crippen molar-refractivity contribution in [1.29, 1.82) is 0 Å². The fourth-order valence-electron chi connectivity index (χ4n) is 3.38. The van der Waals surface area contributed by atoms with Crippen LogP contribution in [0.5, 0.6) is 5.75 Å². The third-order valence-electron chi connectivity index (χ3n) is 4.83. The van der Waals surface area contributed by atoms with Gasteiger partial charge < -0.3 is 18.8 Å². The summed E-state index contributed by atoms with van der Waals surface area (Å²) < 4.78 is 16.8. The number of ether oxygens (including phenoxy) is 1. The molecule has 0 N–H and O–H groups in total. The largest absolute Gasteiger partial charge is 0.564 e. The van der Waals surface area contributed by atoms with Crippen molar-refractivity contribution >= 4 is 36.4 Å². The van der Waals surface area contributed by atoms with E-state index < -0.39 is 13.1 Å². The number of rotatable bonds is 9. The fourth-order valence-corrected chi connectivity index (χ4v) is 3.66. The molecule has 0 heterocycles. The van der Waals surface area contributed by atoms with E-state index in [2.05, 4.69) is 6.07 Å². The van der Waals surface area contributed by atoms with Crippen molar-refractivity contribution in [3.05, 3.63) is 58.6 Å². The smallest absolute Gasteiger partial charge is 0.505 e. The Morgan fingerprint density at radius 2 is 2.03 bits per heavy atom. The van der Waals surface area contributed by atoms with Gasteiger partial charge in [-0.15, -0.1) is 0 Å². The molecule has 1 aliphatic rings. The Morgan fingerprint density at radius 1 is 1.28 bits per heavy atom. The molecule has 2 aromatic carbocycles. The molecule has 0 amide bonds. The molecule has 0 fully saturated rings. The van der Waals surface area contributed by atoms with E-state index in [-0.39, 0.29) is 19.2 Å². The number of benzene rings is 2. The van der Waals surface area contributed by atoms with Crippen LogP contribution in [0.3, 0.4) is 0 Å². The number of hydrogen-bond acceptors (Lipinski definition) is 6. The summed E-state index contributed by atoms with van der Waals surface area (Å²) in [5.74, 6) is 0.249. The van der Waals surface area contributed by atoms with Crippen molar-refractivity contribution in [2.75, 3.05) is 27.2 Å². The summed E-state index contributed by atoms with van der Waals surface area (Å²) in [4.78, 5) is 24.1. The summed E-state index contributed by atoms with van der Waals surface area (Å²) in [6.07, 6.45) is 2.49. The second-order valence-electron chi connectivity index (χ2n) is 6.94. The van der Waals surface area contributed by atoms with Crippen molar-refractivity contribution in [3.63, 3.8) is 0 Å². The number of carbonyl (C=O) groups excluding carboxylic acids is 2. The fraction of sp³-hybridized carbons (Fsp3) is 0.333. The average Bonchev–Trinajstić information content (AvgIpc) is 3.11. The van der Waals surface area contributed by atoms with Gasteiger partial charge in [0.1, 0.15) is 18.1 Å². The molecule has 6 nitrogen and oxygen atoms in total. The van der Waals surface area contributed by atoms with Gasteiger partial charge in [-0.1, -0.05) is 35.9 Å². The minimum Gasteiger partial charge on any atom is -0.505 e. The Kier molecular flexibility index (Phi) is 7.31. The molecule has 0 radical (unpaired) electrons. The average molecular weight is 416 g/mol. The minimum atomic E-state index is -0.827. The number of aldehydes is 1. The zero-order valence-corrected chi connectivity index (χ0v) is 17.2. The van der Waals surface area contributed by atoms with E-state index in [0.29, 0.717) is 5.46 Å². The van der Waals surface area contributed by atoms with Crippen LogP contribution in [0.1, 0.15) is 23.7 Å². The zero-order chi connectivity index (χ0) is 20.8. The van der Waals surface area contributed by atoms with Gasteiger partial charge in [-0.25, -0.2) is 0 Å². The highest BCUT2D eigenvalue weighted by Crippen LogP contribution is 2.38. The molecule has 1 atom stereocenters. The number of halogens is 1. The van der Waals surface area contributed by atoms with E-state index in [1.807, 2.05) is 24.3 Å². The van der Waals surface area contributed by atoms with E-state index in [1.165, 1.54) is 7.11 Å². The highest BCUT2D eigenvalue weighted by molar-refractivity contribution is 6.62. The second kappa shape index (κ2) is 9.92. The van der Waals surface area contributed by atoms with Gasteiger partial charge in [-0.3, -0.25) is 9.69 Å². The first-order valence-corrected chi connectivity index (χ1v) is 9.78. The first-order chi connectivity index (χ1) is 14.0. The number of fused-ring (bicyclic) bond motifs is 1. The lowest BCUT2D eigenvalue weighted by atomic mass is 9.79. The van der Waals surface area contributed by atoms with Gasteiger partial charge in [0.15, 0.2) is 0 Å². The second-order valence-corrected chi connectivity index (χ2v) is 7.35.